The lowest BCUT2D eigenvalue weighted by Gasteiger charge is -2.10. The van der Waals surface area contributed by atoms with Crippen molar-refractivity contribution in [3.8, 4) is 0 Å². The Kier molecular flexibility index (Phi) is 4.81. The molecular formula is C14H13Cl2NS. The molecule has 0 aliphatic heterocycles. The molecule has 0 spiro atoms. The van der Waals surface area contributed by atoms with E-state index in [1.54, 1.807) is 11.8 Å². The second kappa shape index (κ2) is 6.37. The Hall–Kier alpha value is -0.830. The smallest absolute Gasteiger partial charge is 0.0721 e. The second-order valence-electron chi connectivity index (χ2n) is 3.80. The van der Waals surface area contributed by atoms with Crippen LogP contribution in [0.5, 0.6) is 0 Å². The zero-order valence-electron chi connectivity index (χ0n) is 9.91. The molecular weight excluding hydrogens is 285 g/mol. The first-order chi connectivity index (χ1) is 8.70. The normalized spacial score (nSPS) is 10.4. The maximum Gasteiger partial charge on any atom is 0.0721 e. The van der Waals surface area contributed by atoms with Gasteiger partial charge in [-0.25, -0.2) is 0 Å². The van der Waals surface area contributed by atoms with Gasteiger partial charge in [0.2, 0.25) is 0 Å². The Morgan fingerprint density at radius 1 is 1.00 bits per heavy atom. The molecule has 0 heterocycles. The third-order valence-electron chi connectivity index (χ3n) is 2.59. The first kappa shape index (κ1) is 13.6. The van der Waals surface area contributed by atoms with Crippen molar-refractivity contribution in [2.75, 3.05) is 11.6 Å². The highest BCUT2D eigenvalue weighted by Crippen LogP contribution is 2.30. The maximum absolute atomic E-state index is 6.09. The molecule has 18 heavy (non-hydrogen) atoms. The van der Waals surface area contributed by atoms with Gasteiger partial charge in [0.1, 0.15) is 0 Å². The minimum absolute atomic E-state index is 0.642. The van der Waals surface area contributed by atoms with Gasteiger partial charge in [0.15, 0.2) is 0 Å². The number of anilines is 1. The SMILES string of the molecule is CSc1ccc(CNc2c(Cl)cccc2Cl)cc1. The predicted octanol–water partition coefficient (Wildman–Crippen LogP) is 5.33. The van der Waals surface area contributed by atoms with Crippen molar-refractivity contribution < 1.29 is 0 Å². The Morgan fingerprint density at radius 3 is 2.17 bits per heavy atom. The van der Waals surface area contributed by atoms with Crippen LogP contribution in [0.25, 0.3) is 0 Å². The predicted molar refractivity (Wildman–Crippen MR) is 82.0 cm³/mol. The molecule has 0 amide bonds. The van der Waals surface area contributed by atoms with Crippen LogP contribution >= 0.6 is 35.0 Å². The van der Waals surface area contributed by atoms with Gasteiger partial charge in [-0.1, -0.05) is 41.4 Å². The van der Waals surface area contributed by atoms with E-state index in [0.29, 0.717) is 16.6 Å². The van der Waals surface area contributed by atoms with Crippen LogP contribution in [-0.2, 0) is 6.54 Å². The molecule has 1 N–H and O–H groups in total. The maximum atomic E-state index is 6.09. The summed E-state index contributed by atoms with van der Waals surface area (Å²) in [6.07, 6.45) is 2.07. The van der Waals surface area contributed by atoms with E-state index < -0.39 is 0 Å². The largest absolute Gasteiger partial charge is 0.379 e. The molecule has 0 saturated heterocycles. The highest BCUT2D eigenvalue weighted by molar-refractivity contribution is 7.98. The molecule has 94 valence electrons. The fourth-order valence-electron chi connectivity index (χ4n) is 1.60. The van der Waals surface area contributed by atoms with E-state index in [4.69, 9.17) is 23.2 Å². The summed E-state index contributed by atoms with van der Waals surface area (Å²) in [5.41, 5.74) is 1.98. The zero-order chi connectivity index (χ0) is 13.0. The van der Waals surface area contributed by atoms with Gasteiger partial charge in [-0.15, -0.1) is 11.8 Å². The third-order valence-corrected chi connectivity index (χ3v) is 3.96. The summed E-state index contributed by atoms with van der Waals surface area (Å²) in [6.45, 7) is 0.706. The number of nitrogens with one attached hydrogen (secondary N) is 1. The average molecular weight is 298 g/mol. The van der Waals surface area contributed by atoms with Gasteiger partial charge in [0.25, 0.3) is 0 Å². The van der Waals surface area contributed by atoms with E-state index in [1.165, 1.54) is 10.5 Å². The third kappa shape index (κ3) is 3.35. The van der Waals surface area contributed by atoms with E-state index in [2.05, 4.69) is 35.8 Å². The molecule has 0 saturated carbocycles. The van der Waals surface area contributed by atoms with Gasteiger partial charge in [0, 0.05) is 11.4 Å². The van der Waals surface area contributed by atoms with Crippen molar-refractivity contribution in [2.45, 2.75) is 11.4 Å². The van der Waals surface area contributed by atoms with Crippen LogP contribution in [0.15, 0.2) is 47.4 Å². The standard InChI is InChI=1S/C14H13Cl2NS/c1-18-11-7-5-10(6-8-11)9-17-14-12(15)3-2-4-13(14)16/h2-8,17H,9H2,1H3. The van der Waals surface area contributed by atoms with Crippen molar-refractivity contribution in [1.29, 1.82) is 0 Å². The van der Waals surface area contributed by atoms with E-state index in [1.807, 2.05) is 18.2 Å². The quantitative estimate of drug-likeness (QED) is 0.766. The minimum Gasteiger partial charge on any atom is -0.379 e. The van der Waals surface area contributed by atoms with Gasteiger partial charge in [-0.2, -0.15) is 0 Å². The van der Waals surface area contributed by atoms with Crippen molar-refractivity contribution in [1.82, 2.24) is 0 Å². The van der Waals surface area contributed by atoms with Crippen LogP contribution in [0, 0.1) is 0 Å². The lowest BCUT2D eigenvalue weighted by molar-refractivity contribution is 1.14. The summed E-state index contributed by atoms with van der Waals surface area (Å²) in [6, 6.07) is 13.9. The van der Waals surface area contributed by atoms with Gasteiger partial charge >= 0.3 is 0 Å². The molecule has 4 heteroatoms. The molecule has 0 aliphatic rings. The fourth-order valence-corrected chi connectivity index (χ4v) is 2.54. The van der Waals surface area contributed by atoms with Gasteiger partial charge in [-0.05, 0) is 36.1 Å². The van der Waals surface area contributed by atoms with Gasteiger partial charge in [-0.3, -0.25) is 0 Å². The van der Waals surface area contributed by atoms with Gasteiger partial charge in [0.05, 0.1) is 15.7 Å². The molecule has 0 aromatic heterocycles. The Bertz CT molecular complexity index is 506. The fraction of sp³-hybridized carbons (Fsp3) is 0.143. The zero-order valence-corrected chi connectivity index (χ0v) is 12.2. The highest BCUT2D eigenvalue weighted by atomic mass is 35.5. The molecule has 0 unspecified atom stereocenters. The summed E-state index contributed by atoms with van der Waals surface area (Å²) in [7, 11) is 0. The molecule has 2 aromatic rings. The summed E-state index contributed by atoms with van der Waals surface area (Å²) < 4.78 is 0. The van der Waals surface area contributed by atoms with Crippen LogP contribution < -0.4 is 5.32 Å². The molecule has 0 bridgehead atoms. The number of hydrogen-bond acceptors (Lipinski definition) is 2. The molecule has 0 atom stereocenters. The Labute approximate surface area is 121 Å². The average Bonchev–Trinajstić information content (AvgIpc) is 2.39. The van der Waals surface area contributed by atoms with E-state index in [-0.39, 0.29) is 0 Å². The number of benzene rings is 2. The molecule has 2 rings (SSSR count). The van der Waals surface area contributed by atoms with Gasteiger partial charge < -0.3 is 5.32 Å². The molecule has 0 aliphatic carbocycles. The molecule has 1 nitrogen and oxygen atoms in total. The van der Waals surface area contributed by atoms with E-state index in [9.17, 15) is 0 Å². The van der Waals surface area contributed by atoms with E-state index >= 15 is 0 Å². The number of para-hydroxylation sites is 1. The first-order valence-electron chi connectivity index (χ1n) is 5.51. The van der Waals surface area contributed by atoms with Crippen LogP contribution in [-0.4, -0.2) is 6.26 Å². The Balaban J connectivity index is 2.06. The number of hydrogen-bond donors (Lipinski definition) is 1. The molecule has 0 fully saturated rings. The van der Waals surface area contributed by atoms with Crippen LogP contribution in [0.3, 0.4) is 0 Å². The first-order valence-corrected chi connectivity index (χ1v) is 7.49. The van der Waals surface area contributed by atoms with Crippen molar-refractivity contribution in [2.24, 2.45) is 0 Å². The van der Waals surface area contributed by atoms with Crippen LogP contribution in [0.4, 0.5) is 5.69 Å². The highest BCUT2D eigenvalue weighted by Gasteiger charge is 2.04. The Morgan fingerprint density at radius 2 is 1.61 bits per heavy atom. The lowest BCUT2D eigenvalue weighted by Crippen LogP contribution is -2.00. The second-order valence-corrected chi connectivity index (χ2v) is 5.49. The van der Waals surface area contributed by atoms with Crippen molar-refractivity contribution >= 4 is 40.7 Å². The monoisotopic (exact) mass is 297 g/mol. The number of thioether (sulfide) groups is 1. The van der Waals surface area contributed by atoms with Crippen LogP contribution in [0.2, 0.25) is 10.0 Å². The topological polar surface area (TPSA) is 12.0 Å². The number of rotatable bonds is 4. The molecule has 0 radical (unpaired) electrons. The van der Waals surface area contributed by atoms with Crippen LogP contribution in [0.1, 0.15) is 5.56 Å². The lowest BCUT2D eigenvalue weighted by atomic mass is 10.2. The summed E-state index contributed by atoms with van der Waals surface area (Å²) in [5, 5.41) is 4.55. The van der Waals surface area contributed by atoms with Crippen molar-refractivity contribution in [3.05, 3.63) is 58.1 Å². The van der Waals surface area contributed by atoms with Crippen molar-refractivity contribution in [3.63, 3.8) is 0 Å². The molecule has 2 aromatic carbocycles. The summed E-state index contributed by atoms with van der Waals surface area (Å²) >= 11 is 13.9. The summed E-state index contributed by atoms with van der Waals surface area (Å²) in [4.78, 5) is 1.26. The number of halogens is 2. The van der Waals surface area contributed by atoms with E-state index in [0.717, 1.165) is 5.69 Å². The summed E-state index contributed by atoms with van der Waals surface area (Å²) in [5.74, 6) is 0. The minimum atomic E-state index is 0.642.